The first-order chi connectivity index (χ1) is 16.6. The van der Waals surface area contributed by atoms with E-state index in [0.29, 0.717) is 6.42 Å². The number of carbonyl (C=O) groups excluding carboxylic acids is 3. The number of hydrogen-bond donors (Lipinski definition) is 3. The van der Waals surface area contributed by atoms with Crippen LogP contribution in [0.3, 0.4) is 0 Å². The van der Waals surface area contributed by atoms with Crippen LogP contribution in [0.4, 0.5) is 0 Å². The Bertz CT molecular complexity index is 1120. The Hall–Kier alpha value is -3.02. The van der Waals surface area contributed by atoms with Crippen molar-refractivity contribution in [3.8, 4) is 0 Å². The van der Waals surface area contributed by atoms with Crippen molar-refractivity contribution in [2.75, 3.05) is 26.6 Å². The van der Waals surface area contributed by atoms with Gasteiger partial charge in [-0.3, -0.25) is 14.4 Å². The molecule has 0 spiro atoms. The van der Waals surface area contributed by atoms with Crippen LogP contribution in [0.25, 0.3) is 10.8 Å². The molecule has 10 nitrogen and oxygen atoms in total. The van der Waals surface area contributed by atoms with Gasteiger partial charge in [-0.05, 0) is 22.8 Å². The number of benzene rings is 2. The fourth-order valence-electron chi connectivity index (χ4n) is 3.38. The summed E-state index contributed by atoms with van der Waals surface area (Å²) in [6.07, 6.45) is 1.82. The van der Waals surface area contributed by atoms with E-state index in [0.717, 1.165) is 29.0 Å². The van der Waals surface area contributed by atoms with Crippen LogP contribution in [0.15, 0.2) is 42.5 Å². The van der Waals surface area contributed by atoms with Crippen LogP contribution in [0.2, 0.25) is 0 Å². The van der Waals surface area contributed by atoms with Gasteiger partial charge in [0.1, 0.15) is 12.1 Å². The summed E-state index contributed by atoms with van der Waals surface area (Å²) in [5.41, 5.74) is 0.894. The van der Waals surface area contributed by atoms with Crippen molar-refractivity contribution in [2.45, 2.75) is 44.8 Å². The molecule has 2 aromatic rings. The van der Waals surface area contributed by atoms with Crippen molar-refractivity contribution in [3.63, 3.8) is 0 Å². The van der Waals surface area contributed by atoms with E-state index in [1.807, 2.05) is 49.4 Å². The maximum Gasteiger partial charge on any atom is 0.307 e. The molecular weight excluding hydrogens is 474 g/mol. The summed E-state index contributed by atoms with van der Waals surface area (Å²) in [7, 11) is -2.46. The average molecular weight is 508 g/mol. The van der Waals surface area contributed by atoms with E-state index in [1.165, 1.54) is 7.11 Å². The third-order valence-electron chi connectivity index (χ3n) is 5.10. The van der Waals surface area contributed by atoms with Crippen LogP contribution in [0, 0.1) is 0 Å². The molecule has 0 bridgehead atoms. The first-order valence-corrected chi connectivity index (χ1v) is 13.2. The maximum absolute atomic E-state index is 12.8. The van der Waals surface area contributed by atoms with Crippen molar-refractivity contribution >= 4 is 38.6 Å². The molecule has 192 valence electrons. The van der Waals surface area contributed by atoms with Crippen molar-refractivity contribution in [2.24, 2.45) is 0 Å². The van der Waals surface area contributed by atoms with Crippen LogP contribution in [0.1, 0.15) is 31.7 Å². The minimum atomic E-state index is -3.82. The van der Waals surface area contributed by atoms with E-state index in [-0.39, 0.29) is 19.8 Å². The van der Waals surface area contributed by atoms with Crippen LogP contribution in [-0.2, 0) is 40.4 Å². The van der Waals surface area contributed by atoms with Gasteiger partial charge in [0.05, 0.1) is 25.9 Å². The number of ether oxygens (including phenoxy) is 2. The van der Waals surface area contributed by atoms with Gasteiger partial charge in [0.2, 0.25) is 21.8 Å². The number of esters is 1. The van der Waals surface area contributed by atoms with Gasteiger partial charge >= 0.3 is 5.97 Å². The lowest BCUT2D eigenvalue weighted by molar-refractivity contribution is -0.146. The quantitative estimate of drug-likeness (QED) is 0.258. The van der Waals surface area contributed by atoms with Crippen LogP contribution in [0.5, 0.6) is 0 Å². The van der Waals surface area contributed by atoms with E-state index in [2.05, 4.69) is 15.4 Å². The topological polar surface area (TPSA) is 140 Å². The summed E-state index contributed by atoms with van der Waals surface area (Å²) in [5.74, 6) is -2.08. The zero-order chi connectivity index (χ0) is 25.8. The van der Waals surface area contributed by atoms with Gasteiger partial charge in [-0.15, -0.1) is 0 Å². The number of rotatable bonds is 14. The Morgan fingerprint density at radius 2 is 1.71 bits per heavy atom. The van der Waals surface area contributed by atoms with Gasteiger partial charge in [0, 0.05) is 13.7 Å². The molecule has 0 saturated carbocycles. The van der Waals surface area contributed by atoms with E-state index >= 15 is 0 Å². The summed E-state index contributed by atoms with van der Waals surface area (Å²) in [5, 5.41) is 7.27. The minimum absolute atomic E-state index is 0.153. The molecule has 0 aliphatic carbocycles. The first-order valence-electron chi connectivity index (χ1n) is 11.3. The van der Waals surface area contributed by atoms with Gasteiger partial charge < -0.3 is 20.1 Å². The molecule has 2 rings (SSSR count). The third kappa shape index (κ3) is 9.63. The van der Waals surface area contributed by atoms with Crippen LogP contribution >= 0.6 is 0 Å². The molecule has 0 radical (unpaired) electrons. The molecule has 0 saturated heterocycles. The summed E-state index contributed by atoms with van der Waals surface area (Å²) < 4.78 is 35.7. The molecule has 0 aliphatic heterocycles. The van der Waals surface area contributed by atoms with Crippen molar-refractivity contribution in [3.05, 3.63) is 48.0 Å². The normalized spacial score (nSPS) is 13.1. The molecule has 0 heterocycles. The second-order valence-electron chi connectivity index (χ2n) is 8.09. The summed E-state index contributed by atoms with van der Waals surface area (Å²) in [6.45, 7) is 2.16. The second-order valence-corrected chi connectivity index (χ2v) is 9.87. The lowest BCUT2D eigenvalue weighted by atomic mass is 10.0. The number of nitrogens with one attached hydrogen (secondary N) is 3. The predicted octanol–water partition coefficient (Wildman–Crippen LogP) is 1.24. The molecule has 2 atom stereocenters. The van der Waals surface area contributed by atoms with Gasteiger partial charge in [-0.1, -0.05) is 55.8 Å². The first kappa shape index (κ1) is 28.2. The Balaban J connectivity index is 2.07. The highest BCUT2D eigenvalue weighted by atomic mass is 32.2. The van der Waals surface area contributed by atoms with Gasteiger partial charge in [0.25, 0.3) is 0 Å². The Morgan fingerprint density at radius 3 is 2.40 bits per heavy atom. The van der Waals surface area contributed by atoms with Crippen LogP contribution in [-0.4, -0.2) is 64.9 Å². The van der Waals surface area contributed by atoms with E-state index < -0.39 is 46.3 Å². The fraction of sp³-hybridized carbons (Fsp3) is 0.458. The number of sulfonamides is 1. The fourth-order valence-corrected chi connectivity index (χ4v) is 4.08. The maximum atomic E-state index is 12.8. The highest BCUT2D eigenvalue weighted by molar-refractivity contribution is 7.88. The third-order valence-corrected chi connectivity index (χ3v) is 5.82. The number of carbonyl (C=O) groups is 3. The molecule has 0 fully saturated rings. The van der Waals surface area contributed by atoms with Crippen molar-refractivity contribution < 1.29 is 32.3 Å². The van der Waals surface area contributed by atoms with E-state index in [1.54, 1.807) is 0 Å². The number of unbranched alkanes of at least 4 members (excludes halogenated alkanes) is 1. The molecule has 2 aromatic carbocycles. The SMILES string of the molecule is CCCCOC(=O)C[C@H](NS(C)(=O)=O)C(=O)N[C@@H](COC)C(=O)NCc1cccc2ccccc12. The molecule has 0 aliphatic rings. The second kappa shape index (κ2) is 13.8. The molecule has 0 aromatic heterocycles. The molecular formula is C24H33N3O7S. The molecule has 3 N–H and O–H groups in total. The summed E-state index contributed by atoms with van der Waals surface area (Å²) >= 11 is 0. The summed E-state index contributed by atoms with van der Waals surface area (Å²) in [6, 6.07) is 11.0. The largest absolute Gasteiger partial charge is 0.466 e. The molecule has 35 heavy (non-hydrogen) atoms. The number of hydrogen-bond acceptors (Lipinski definition) is 7. The Labute approximate surface area is 205 Å². The predicted molar refractivity (Wildman–Crippen MR) is 132 cm³/mol. The molecule has 0 unspecified atom stereocenters. The average Bonchev–Trinajstić information content (AvgIpc) is 2.81. The zero-order valence-corrected chi connectivity index (χ0v) is 21.0. The monoisotopic (exact) mass is 507 g/mol. The number of fused-ring (bicyclic) bond motifs is 1. The standard InChI is InChI=1S/C24H33N3O7S/c1-4-5-13-34-22(28)14-20(27-35(3,31)32)24(30)26-21(16-33-2)23(29)25-15-18-11-8-10-17-9-6-7-12-19(17)18/h6-12,20-21,27H,4-5,13-16H2,1-3H3,(H,25,29)(H,26,30)/t20-,21-/m0/s1. The van der Waals surface area contributed by atoms with Crippen molar-refractivity contribution in [1.29, 1.82) is 0 Å². The van der Waals surface area contributed by atoms with Gasteiger partial charge in [-0.2, -0.15) is 0 Å². The lowest BCUT2D eigenvalue weighted by Gasteiger charge is -2.22. The zero-order valence-electron chi connectivity index (χ0n) is 20.2. The highest BCUT2D eigenvalue weighted by Crippen LogP contribution is 2.18. The number of amides is 2. The highest BCUT2D eigenvalue weighted by Gasteiger charge is 2.29. The van der Waals surface area contributed by atoms with Gasteiger partial charge in [-0.25, -0.2) is 13.1 Å². The number of methoxy groups -OCH3 is 1. The van der Waals surface area contributed by atoms with Gasteiger partial charge in [0.15, 0.2) is 0 Å². The smallest absolute Gasteiger partial charge is 0.307 e. The van der Waals surface area contributed by atoms with E-state index in [4.69, 9.17) is 9.47 Å². The summed E-state index contributed by atoms with van der Waals surface area (Å²) in [4.78, 5) is 37.8. The lowest BCUT2D eigenvalue weighted by Crippen LogP contribution is -2.55. The Kier molecular flexibility index (Phi) is 11.1. The molecule has 2 amide bonds. The minimum Gasteiger partial charge on any atom is -0.466 e. The molecule has 11 heteroatoms. The Morgan fingerprint density at radius 1 is 1.00 bits per heavy atom. The van der Waals surface area contributed by atoms with Crippen LogP contribution < -0.4 is 15.4 Å². The van der Waals surface area contributed by atoms with Crippen molar-refractivity contribution in [1.82, 2.24) is 15.4 Å². The van der Waals surface area contributed by atoms with E-state index in [9.17, 15) is 22.8 Å².